The van der Waals surface area contributed by atoms with Crippen LogP contribution in [0, 0.1) is 45.5 Å². The number of hydrogen-bond donors (Lipinski definition) is 3. The van der Waals surface area contributed by atoms with Crippen molar-refractivity contribution in [1.29, 1.82) is 0 Å². The van der Waals surface area contributed by atoms with Gasteiger partial charge in [-0.2, -0.15) is 0 Å². The Morgan fingerprint density at radius 1 is 1.09 bits per heavy atom. The van der Waals surface area contributed by atoms with Crippen LogP contribution in [0.15, 0.2) is 54.9 Å². The van der Waals surface area contributed by atoms with Gasteiger partial charge in [-0.05, 0) is 60.7 Å². The van der Waals surface area contributed by atoms with Gasteiger partial charge in [0.1, 0.15) is 5.75 Å². The van der Waals surface area contributed by atoms with Crippen LogP contribution in [-0.4, -0.2) is 38.4 Å². The van der Waals surface area contributed by atoms with Crippen LogP contribution in [0.2, 0.25) is 6.82 Å². The van der Waals surface area contributed by atoms with Crippen molar-refractivity contribution >= 4 is 30.2 Å². The van der Waals surface area contributed by atoms with E-state index in [0.29, 0.717) is 13.2 Å². The first kappa shape index (κ1) is 34.3. The van der Waals surface area contributed by atoms with Crippen molar-refractivity contribution in [2.24, 2.45) is 11.5 Å². The van der Waals surface area contributed by atoms with Gasteiger partial charge in [0, 0.05) is 61.1 Å². The molecule has 0 saturated carbocycles. The third kappa shape index (κ3) is 10.2. The van der Waals surface area contributed by atoms with Crippen molar-refractivity contribution in [2.45, 2.75) is 39.9 Å². The predicted octanol–water partition coefficient (Wildman–Crippen LogP) is 4.63. The van der Waals surface area contributed by atoms with E-state index in [1.165, 1.54) is 6.82 Å². The largest absolute Gasteiger partial charge is 0.493 e. The van der Waals surface area contributed by atoms with Crippen molar-refractivity contribution in [3.8, 4) is 5.75 Å². The van der Waals surface area contributed by atoms with E-state index >= 15 is 0 Å². The Balaban J connectivity index is 0. The first-order valence-electron chi connectivity index (χ1n) is 11.0. The summed E-state index contributed by atoms with van der Waals surface area (Å²) in [7, 11) is 4.50. The van der Waals surface area contributed by atoms with Crippen molar-refractivity contribution in [1.82, 2.24) is 4.98 Å². The fourth-order valence-corrected chi connectivity index (χ4v) is 3.10. The molecule has 0 spiro atoms. The van der Waals surface area contributed by atoms with Gasteiger partial charge in [-0.15, -0.1) is 0 Å². The molecule has 182 valence electrons. The predicted molar refractivity (Wildman–Crippen MR) is 142 cm³/mol. The molecular weight excluding hydrogens is 649 g/mol. The third-order valence-electron chi connectivity index (χ3n) is 4.67. The average molecular weight is 687 g/mol. The van der Waals surface area contributed by atoms with Gasteiger partial charge < -0.3 is 28.9 Å². The maximum atomic E-state index is 12.8. The van der Waals surface area contributed by atoms with Crippen LogP contribution in [0.25, 0.3) is 10.8 Å². The fraction of sp³-hybridized carbons (Fsp3) is 0.346. The number of anilines is 1. The molecule has 1 heterocycles. The van der Waals surface area contributed by atoms with Crippen LogP contribution >= 0.6 is 0 Å². The Hall–Kier alpha value is -1.84. The van der Waals surface area contributed by atoms with Crippen LogP contribution in [0.1, 0.15) is 37.3 Å². The molecule has 2 radical (unpaired) electrons. The van der Waals surface area contributed by atoms with Gasteiger partial charge >= 0.3 is 0 Å². The Labute approximate surface area is 230 Å². The summed E-state index contributed by atoms with van der Waals surface area (Å²) in [6.45, 7) is 8.85. The summed E-state index contributed by atoms with van der Waals surface area (Å²) in [5.41, 5.74) is 14.0. The van der Waals surface area contributed by atoms with Crippen LogP contribution in [-0.2, 0) is 4.79 Å². The number of fused-ring (bicyclic) bond motifs is 1. The SMILES string of the molecule is CC.Cc1cc(C(CN)C(=O)Nc2ccc3cnccc3c2)ccc1OCCCN.[B]C.[CH3-].[U]. The minimum absolute atomic E-state index is 0. The molecule has 8 heteroatoms. The molecule has 0 aliphatic rings. The molecule has 5 N–H and O–H groups in total. The van der Waals surface area contributed by atoms with Gasteiger partial charge in [-0.25, -0.2) is 0 Å². The maximum Gasteiger partial charge on any atom is 0.233 e. The van der Waals surface area contributed by atoms with Crippen molar-refractivity contribution in [2.75, 3.05) is 25.0 Å². The van der Waals surface area contributed by atoms with Gasteiger partial charge in [-0.3, -0.25) is 9.78 Å². The van der Waals surface area contributed by atoms with E-state index in [-0.39, 0.29) is 51.0 Å². The zero-order valence-corrected chi connectivity index (χ0v) is 25.3. The number of hydrogen-bond acceptors (Lipinski definition) is 5. The summed E-state index contributed by atoms with van der Waals surface area (Å²) in [4.78, 5) is 16.9. The molecule has 0 bridgehead atoms. The molecular formula is C26H38BN4O2U-. The van der Waals surface area contributed by atoms with Crippen LogP contribution in [0.4, 0.5) is 5.69 Å². The number of carbonyl (C=O) groups excluding carboxylic acids is 1. The summed E-state index contributed by atoms with van der Waals surface area (Å²) in [6, 6.07) is 13.4. The van der Waals surface area contributed by atoms with Gasteiger partial charge in [0.2, 0.25) is 5.91 Å². The second-order valence-corrected chi connectivity index (χ2v) is 6.73. The first-order chi connectivity index (χ1) is 15.6. The number of rotatable bonds is 8. The molecule has 3 rings (SSSR count). The Kier molecular flexibility index (Phi) is 19.6. The molecule has 2 aromatic carbocycles. The number of pyridine rings is 1. The summed E-state index contributed by atoms with van der Waals surface area (Å²) in [6.07, 6.45) is 4.33. The Morgan fingerprint density at radius 3 is 2.41 bits per heavy atom. The minimum Gasteiger partial charge on any atom is -0.493 e. The molecule has 34 heavy (non-hydrogen) atoms. The molecule has 1 amide bonds. The Bertz CT molecular complexity index is 972. The quantitative estimate of drug-likeness (QED) is 0.182. The average Bonchev–Trinajstić information content (AvgIpc) is 2.83. The number of nitrogens with one attached hydrogen (secondary N) is 1. The number of benzene rings is 2. The normalized spacial score (nSPS) is 10.2. The molecule has 0 aliphatic heterocycles. The van der Waals surface area contributed by atoms with Crippen LogP contribution in [0.5, 0.6) is 5.75 Å². The topological polar surface area (TPSA) is 103 Å². The number of nitrogens with two attached hydrogens (primary N) is 2. The fourth-order valence-electron chi connectivity index (χ4n) is 3.10. The van der Waals surface area contributed by atoms with Gasteiger partial charge in [0.25, 0.3) is 0 Å². The number of ether oxygens (including phenoxy) is 1. The Morgan fingerprint density at radius 2 is 1.79 bits per heavy atom. The molecule has 6 nitrogen and oxygen atoms in total. The van der Waals surface area contributed by atoms with Crippen molar-refractivity contribution in [3.05, 3.63) is 73.4 Å². The van der Waals surface area contributed by atoms with E-state index in [1.807, 2.05) is 63.2 Å². The minimum atomic E-state index is -0.440. The third-order valence-corrected chi connectivity index (χ3v) is 4.67. The van der Waals surface area contributed by atoms with Crippen LogP contribution < -0.4 is 21.5 Å². The zero-order chi connectivity index (χ0) is 23.9. The molecule has 1 unspecified atom stereocenters. The van der Waals surface area contributed by atoms with E-state index in [0.717, 1.165) is 39.8 Å². The molecule has 0 saturated heterocycles. The van der Waals surface area contributed by atoms with E-state index < -0.39 is 5.92 Å². The van der Waals surface area contributed by atoms with Crippen LogP contribution in [0.3, 0.4) is 0 Å². The zero-order valence-electron chi connectivity index (χ0n) is 21.1. The molecule has 1 aromatic heterocycles. The van der Waals surface area contributed by atoms with E-state index in [2.05, 4.69) is 18.1 Å². The first-order valence-corrected chi connectivity index (χ1v) is 11.0. The van der Waals surface area contributed by atoms with E-state index in [9.17, 15) is 4.79 Å². The second kappa shape index (κ2) is 19.5. The summed E-state index contributed by atoms with van der Waals surface area (Å²) in [5, 5.41) is 5.02. The molecule has 0 fully saturated rings. The number of aromatic nitrogens is 1. The maximum absolute atomic E-state index is 12.8. The van der Waals surface area contributed by atoms with Crippen molar-refractivity contribution < 1.29 is 40.6 Å². The second-order valence-electron chi connectivity index (χ2n) is 6.73. The summed E-state index contributed by atoms with van der Waals surface area (Å²) >= 11 is 0. The molecule has 3 aromatic rings. The number of aryl methyl sites for hydroxylation is 1. The number of carbonyl (C=O) groups is 1. The number of amides is 1. The smallest absolute Gasteiger partial charge is 0.233 e. The molecule has 0 aliphatic carbocycles. The standard InChI is InChI=1S/C22H26N4O2.C2H6.CH3B.CH3.U/c1-15-11-17(4-6-21(15)28-10-2-8-23)20(13-24)22(27)26-19-5-3-18-14-25-9-7-16(18)12-19;2*1-2;;/h3-7,9,11-12,14,20H,2,8,10,13,23-24H2,1H3,(H,26,27);1-2H3;1H3;1H3;/q;;;-1;. The van der Waals surface area contributed by atoms with Gasteiger partial charge in [0.15, 0.2) is 0 Å². The van der Waals surface area contributed by atoms with Crippen molar-refractivity contribution in [3.63, 3.8) is 0 Å². The van der Waals surface area contributed by atoms with E-state index in [1.54, 1.807) is 12.4 Å². The number of nitrogens with zero attached hydrogens (tertiary/aromatic N) is 1. The van der Waals surface area contributed by atoms with E-state index in [4.69, 9.17) is 16.2 Å². The monoisotopic (exact) mass is 687 g/mol. The van der Waals surface area contributed by atoms with Gasteiger partial charge in [0.05, 0.1) is 20.4 Å². The van der Waals surface area contributed by atoms with Gasteiger partial charge in [-0.1, -0.05) is 38.9 Å². The molecule has 1 atom stereocenters. The summed E-state index contributed by atoms with van der Waals surface area (Å²) < 4.78 is 5.73. The summed E-state index contributed by atoms with van der Waals surface area (Å²) in [5.74, 6) is 0.230.